The van der Waals surface area contributed by atoms with E-state index in [4.69, 9.17) is 0 Å². The van der Waals surface area contributed by atoms with Gasteiger partial charge in [0.05, 0.1) is 22.5 Å². The van der Waals surface area contributed by atoms with Crippen molar-refractivity contribution in [2.24, 2.45) is 0 Å². The molecule has 1 saturated heterocycles. The lowest BCUT2D eigenvalue weighted by atomic mass is 10.1. The van der Waals surface area contributed by atoms with Gasteiger partial charge >= 0.3 is 0 Å². The number of hydrogen-bond donors (Lipinski definition) is 1. The first-order valence-corrected chi connectivity index (χ1v) is 10.3. The number of rotatable bonds is 3. The molecule has 0 bridgehead atoms. The summed E-state index contributed by atoms with van der Waals surface area (Å²) in [5.41, 5.74) is 1.31. The largest absolute Gasteiger partial charge is 0.351 e. The fraction of sp³-hybridized carbons (Fsp3) is 0.263. The third-order valence-corrected chi connectivity index (χ3v) is 6.55. The highest BCUT2D eigenvalue weighted by Crippen LogP contribution is 2.19. The van der Waals surface area contributed by atoms with E-state index in [1.165, 1.54) is 0 Å². The topological polar surface area (TPSA) is 85.2 Å². The van der Waals surface area contributed by atoms with Crippen molar-refractivity contribution in [1.82, 2.24) is 9.88 Å². The van der Waals surface area contributed by atoms with Crippen LogP contribution >= 0.6 is 0 Å². The summed E-state index contributed by atoms with van der Waals surface area (Å²) in [5, 5.41) is 3.93. The van der Waals surface area contributed by atoms with E-state index < -0.39 is 9.84 Å². The zero-order valence-electron chi connectivity index (χ0n) is 14.0. The molecule has 1 aliphatic heterocycles. The van der Waals surface area contributed by atoms with E-state index in [2.05, 4.69) is 5.32 Å². The molecule has 0 spiro atoms. The number of para-hydroxylation sites is 2. The smallest absolute Gasteiger partial charge is 0.240 e. The van der Waals surface area contributed by atoms with Gasteiger partial charge in [-0.2, -0.15) is 0 Å². The van der Waals surface area contributed by atoms with Gasteiger partial charge in [-0.15, -0.1) is 0 Å². The quantitative estimate of drug-likeness (QED) is 0.708. The molecule has 0 saturated carbocycles. The van der Waals surface area contributed by atoms with Gasteiger partial charge in [0, 0.05) is 16.8 Å². The summed E-state index contributed by atoms with van der Waals surface area (Å²) in [6, 6.07) is 14.0. The number of nitrogens with zero attached hydrogens (tertiary/aromatic N) is 1. The molecule has 26 heavy (non-hydrogen) atoms. The van der Waals surface area contributed by atoms with Gasteiger partial charge in [-0.25, -0.2) is 8.42 Å². The number of fused-ring (bicyclic) bond motifs is 2. The van der Waals surface area contributed by atoms with Crippen molar-refractivity contribution < 1.29 is 13.2 Å². The predicted octanol–water partition coefficient (Wildman–Crippen LogP) is 1.46. The first kappa shape index (κ1) is 16.8. The molecule has 7 heteroatoms. The average Bonchev–Trinajstić information content (AvgIpc) is 2.97. The first-order chi connectivity index (χ1) is 12.4. The van der Waals surface area contributed by atoms with Crippen molar-refractivity contribution in [3.8, 4) is 0 Å². The Bertz CT molecular complexity index is 1120. The van der Waals surface area contributed by atoms with E-state index in [0.29, 0.717) is 28.2 Å². The van der Waals surface area contributed by atoms with Crippen LogP contribution in [-0.4, -0.2) is 36.4 Å². The molecule has 1 atom stereocenters. The Labute approximate surface area is 150 Å². The lowest BCUT2D eigenvalue weighted by Crippen LogP contribution is -2.38. The number of nitrogens with one attached hydrogen (secondary N) is 1. The molecule has 2 heterocycles. The summed E-state index contributed by atoms with van der Waals surface area (Å²) in [6.45, 7) is 0.0256. The van der Waals surface area contributed by atoms with Crippen molar-refractivity contribution in [2.75, 3.05) is 11.5 Å². The zero-order valence-corrected chi connectivity index (χ0v) is 14.8. The molecule has 6 nitrogen and oxygen atoms in total. The molecule has 134 valence electrons. The van der Waals surface area contributed by atoms with Gasteiger partial charge in [-0.3, -0.25) is 9.59 Å². The second kappa shape index (κ2) is 6.25. The first-order valence-electron chi connectivity index (χ1n) is 8.45. The van der Waals surface area contributed by atoms with E-state index in [9.17, 15) is 18.0 Å². The Balaban J connectivity index is 1.74. The summed E-state index contributed by atoms with van der Waals surface area (Å²) in [6.07, 6.45) is 0.444. The molecule has 1 fully saturated rings. The molecule has 1 aromatic heterocycles. The standard InChI is InChI=1S/C19H18N2O4S/c22-18(20-13-9-10-26(24,25)12-13)11-21-16-7-3-1-5-14(16)19(23)15-6-2-4-8-17(15)21/h1-8,13H,9-12H2,(H,20,22)/t13-/m0/s1. The van der Waals surface area contributed by atoms with Crippen LogP contribution in [0.4, 0.5) is 0 Å². The molecule has 2 aromatic carbocycles. The Morgan fingerprint density at radius 2 is 1.62 bits per heavy atom. The monoisotopic (exact) mass is 370 g/mol. The van der Waals surface area contributed by atoms with Crippen molar-refractivity contribution in [2.45, 2.75) is 19.0 Å². The van der Waals surface area contributed by atoms with Gasteiger partial charge in [-0.05, 0) is 30.7 Å². The molecule has 1 N–H and O–H groups in total. The highest BCUT2D eigenvalue weighted by molar-refractivity contribution is 7.91. The minimum absolute atomic E-state index is 0.00952. The van der Waals surface area contributed by atoms with E-state index >= 15 is 0 Å². The Morgan fingerprint density at radius 3 is 2.15 bits per heavy atom. The predicted molar refractivity (Wildman–Crippen MR) is 101 cm³/mol. The normalized spacial score (nSPS) is 19.0. The third-order valence-electron chi connectivity index (χ3n) is 4.78. The molecule has 1 aliphatic rings. The summed E-state index contributed by atoms with van der Waals surface area (Å²) in [4.78, 5) is 25.2. The van der Waals surface area contributed by atoms with Crippen molar-refractivity contribution in [1.29, 1.82) is 0 Å². The van der Waals surface area contributed by atoms with Gasteiger partial charge < -0.3 is 9.88 Å². The Hall–Kier alpha value is -2.67. The second-order valence-corrected chi connectivity index (χ2v) is 8.85. The SMILES string of the molecule is O=C(Cn1c2ccccc2c(=O)c2ccccc21)N[C@H]1CCS(=O)(=O)C1. The van der Waals surface area contributed by atoms with Crippen molar-refractivity contribution in [3.63, 3.8) is 0 Å². The van der Waals surface area contributed by atoms with Crippen LogP contribution in [0.3, 0.4) is 0 Å². The van der Waals surface area contributed by atoms with Crippen LogP contribution in [0.15, 0.2) is 53.3 Å². The summed E-state index contributed by atoms with van der Waals surface area (Å²) >= 11 is 0. The lowest BCUT2D eigenvalue weighted by molar-refractivity contribution is -0.122. The molecule has 0 unspecified atom stereocenters. The van der Waals surface area contributed by atoms with Gasteiger partial charge in [0.25, 0.3) is 0 Å². The maximum absolute atomic E-state index is 12.7. The van der Waals surface area contributed by atoms with Gasteiger partial charge in [0.2, 0.25) is 5.91 Å². The van der Waals surface area contributed by atoms with Crippen LogP contribution in [0.5, 0.6) is 0 Å². The number of hydrogen-bond acceptors (Lipinski definition) is 4. The number of sulfone groups is 1. The van der Waals surface area contributed by atoms with Crippen LogP contribution in [-0.2, 0) is 21.2 Å². The number of carbonyl (C=O) groups is 1. The summed E-state index contributed by atoms with van der Waals surface area (Å²) in [5.74, 6) is -0.155. The highest BCUT2D eigenvalue weighted by atomic mass is 32.2. The lowest BCUT2D eigenvalue weighted by Gasteiger charge is -2.16. The maximum Gasteiger partial charge on any atom is 0.240 e. The molecule has 3 aromatic rings. The van der Waals surface area contributed by atoms with Crippen LogP contribution < -0.4 is 10.7 Å². The van der Waals surface area contributed by atoms with Gasteiger partial charge in [0.1, 0.15) is 6.54 Å². The number of amides is 1. The van der Waals surface area contributed by atoms with Crippen molar-refractivity contribution in [3.05, 3.63) is 58.8 Å². The molecule has 1 amide bonds. The van der Waals surface area contributed by atoms with Gasteiger partial charge in [-0.1, -0.05) is 24.3 Å². The Kier molecular flexibility index (Phi) is 4.03. The summed E-state index contributed by atoms with van der Waals surface area (Å²) < 4.78 is 25.0. The third kappa shape index (κ3) is 2.99. The fourth-order valence-corrected chi connectivity index (χ4v) is 5.25. The van der Waals surface area contributed by atoms with Crippen LogP contribution in [0.25, 0.3) is 21.8 Å². The fourth-order valence-electron chi connectivity index (χ4n) is 3.57. The minimum atomic E-state index is -3.05. The average molecular weight is 370 g/mol. The molecule has 0 aliphatic carbocycles. The summed E-state index contributed by atoms with van der Waals surface area (Å²) in [7, 11) is -3.05. The molecule has 0 radical (unpaired) electrons. The second-order valence-electron chi connectivity index (χ2n) is 6.62. The number of aromatic nitrogens is 1. The zero-order chi connectivity index (χ0) is 18.3. The number of benzene rings is 2. The van der Waals surface area contributed by atoms with Gasteiger partial charge in [0.15, 0.2) is 15.3 Å². The van der Waals surface area contributed by atoms with Crippen LogP contribution in [0.2, 0.25) is 0 Å². The van der Waals surface area contributed by atoms with Crippen LogP contribution in [0.1, 0.15) is 6.42 Å². The molecular formula is C19H18N2O4S. The van der Waals surface area contributed by atoms with E-state index in [1.807, 2.05) is 28.8 Å². The molecule has 4 rings (SSSR count). The van der Waals surface area contributed by atoms with Crippen LogP contribution in [0, 0.1) is 0 Å². The van der Waals surface area contributed by atoms with E-state index in [0.717, 1.165) is 0 Å². The van der Waals surface area contributed by atoms with E-state index in [1.54, 1.807) is 24.3 Å². The van der Waals surface area contributed by atoms with Crippen molar-refractivity contribution >= 4 is 37.6 Å². The number of carbonyl (C=O) groups excluding carboxylic acids is 1. The highest BCUT2D eigenvalue weighted by Gasteiger charge is 2.29. The molecular weight excluding hydrogens is 352 g/mol. The Morgan fingerprint density at radius 1 is 1.04 bits per heavy atom. The minimum Gasteiger partial charge on any atom is -0.351 e. The van der Waals surface area contributed by atoms with E-state index in [-0.39, 0.29) is 35.4 Å². The maximum atomic E-state index is 12.7. The number of pyridine rings is 1.